The lowest BCUT2D eigenvalue weighted by molar-refractivity contribution is -0.384. The van der Waals surface area contributed by atoms with Crippen molar-refractivity contribution in [2.24, 2.45) is 11.8 Å². The number of rotatable bonds is 4. The zero-order chi connectivity index (χ0) is 13.3. The molecule has 7 nitrogen and oxygen atoms in total. The van der Waals surface area contributed by atoms with Gasteiger partial charge in [0, 0.05) is 17.8 Å². The number of carbonyl (C=O) groups excluding carboxylic acids is 1. The second-order valence-corrected chi connectivity index (χ2v) is 4.08. The van der Waals surface area contributed by atoms with E-state index in [2.05, 4.69) is 5.32 Å². The van der Waals surface area contributed by atoms with Crippen LogP contribution in [0.25, 0.3) is 0 Å². The molecule has 0 unspecified atom stereocenters. The summed E-state index contributed by atoms with van der Waals surface area (Å²) in [5, 5.41) is 21.7. The molecule has 1 aromatic carbocycles. The van der Waals surface area contributed by atoms with Gasteiger partial charge in [-0.1, -0.05) is 6.07 Å². The average molecular weight is 250 g/mol. The van der Waals surface area contributed by atoms with Gasteiger partial charge in [-0.15, -0.1) is 0 Å². The summed E-state index contributed by atoms with van der Waals surface area (Å²) >= 11 is 0. The summed E-state index contributed by atoms with van der Waals surface area (Å²) in [5.41, 5.74) is 0.170. The highest BCUT2D eigenvalue weighted by Crippen LogP contribution is 2.39. The molecule has 7 heteroatoms. The van der Waals surface area contributed by atoms with Crippen molar-refractivity contribution in [1.29, 1.82) is 0 Å². The Morgan fingerprint density at radius 1 is 1.39 bits per heavy atom. The normalized spacial score (nSPS) is 21.1. The number of nitro benzene ring substituents is 1. The van der Waals surface area contributed by atoms with Gasteiger partial charge in [-0.3, -0.25) is 19.7 Å². The lowest BCUT2D eigenvalue weighted by atomic mass is 10.2. The van der Waals surface area contributed by atoms with E-state index in [1.54, 1.807) is 0 Å². The van der Waals surface area contributed by atoms with E-state index in [4.69, 9.17) is 5.11 Å². The zero-order valence-corrected chi connectivity index (χ0v) is 9.20. The third-order valence-corrected chi connectivity index (χ3v) is 2.77. The first-order chi connectivity index (χ1) is 8.49. The van der Waals surface area contributed by atoms with E-state index in [0.29, 0.717) is 12.1 Å². The number of anilines is 1. The summed E-state index contributed by atoms with van der Waals surface area (Å²) in [4.78, 5) is 32.2. The highest BCUT2D eigenvalue weighted by molar-refractivity contribution is 5.98. The predicted molar refractivity (Wildman–Crippen MR) is 61.0 cm³/mol. The van der Waals surface area contributed by atoms with Crippen LogP contribution in [-0.2, 0) is 9.59 Å². The molecule has 0 radical (unpaired) electrons. The summed E-state index contributed by atoms with van der Waals surface area (Å²) in [6.45, 7) is 0. The van der Waals surface area contributed by atoms with E-state index in [-0.39, 0.29) is 5.69 Å². The van der Waals surface area contributed by atoms with E-state index in [0.717, 1.165) is 0 Å². The van der Waals surface area contributed by atoms with Crippen molar-refractivity contribution in [2.45, 2.75) is 6.42 Å². The third kappa shape index (κ3) is 2.45. The average Bonchev–Trinajstić information content (AvgIpc) is 3.09. The molecule has 2 atom stereocenters. The van der Waals surface area contributed by atoms with Gasteiger partial charge in [0.05, 0.1) is 16.8 Å². The van der Waals surface area contributed by atoms with E-state index >= 15 is 0 Å². The van der Waals surface area contributed by atoms with Crippen molar-refractivity contribution in [3.8, 4) is 0 Å². The number of amides is 1. The third-order valence-electron chi connectivity index (χ3n) is 2.77. The van der Waals surface area contributed by atoms with Crippen molar-refractivity contribution in [3.05, 3.63) is 34.4 Å². The van der Waals surface area contributed by atoms with Gasteiger partial charge in [-0.2, -0.15) is 0 Å². The number of hydrogen-bond acceptors (Lipinski definition) is 4. The maximum Gasteiger partial charge on any atom is 0.307 e. The fourth-order valence-corrected chi connectivity index (χ4v) is 1.69. The number of carbonyl (C=O) groups is 2. The molecule has 1 fully saturated rings. The molecule has 0 heterocycles. The van der Waals surface area contributed by atoms with Gasteiger partial charge in [0.15, 0.2) is 0 Å². The number of hydrogen-bond donors (Lipinski definition) is 2. The van der Waals surface area contributed by atoms with Gasteiger partial charge < -0.3 is 10.4 Å². The minimum atomic E-state index is -0.991. The van der Waals surface area contributed by atoms with Crippen LogP contribution in [0.15, 0.2) is 24.3 Å². The Labute approximate surface area is 102 Å². The van der Waals surface area contributed by atoms with Crippen molar-refractivity contribution in [3.63, 3.8) is 0 Å². The Morgan fingerprint density at radius 2 is 2.11 bits per heavy atom. The SMILES string of the molecule is O=C(O)[C@H]1C[C@H]1C(=O)Nc1cccc([N+](=O)[O-])c1. The number of nitro groups is 1. The molecular formula is C11H10N2O5. The first kappa shape index (κ1) is 12.0. The van der Waals surface area contributed by atoms with Crippen LogP contribution in [0.3, 0.4) is 0 Å². The molecular weight excluding hydrogens is 240 g/mol. The minimum Gasteiger partial charge on any atom is -0.481 e. The summed E-state index contributed by atoms with van der Waals surface area (Å²) < 4.78 is 0. The summed E-state index contributed by atoms with van der Waals surface area (Å²) in [5.74, 6) is -2.58. The highest BCUT2D eigenvalue weighted by Gasteiger charge is 2.48. The quantitative estimate of drug-likeness (QED) is 0.617. The molecule has 1 aliphatic rings. The second kappa shape index (κ2) is 4.44. The topological polar surface area (TPSA) is 110 Å². The van der Waals surface area contributed by atoms with Gasteiger partial charge in [0.2, 0.25) is 5.91 Å². The van der Waals surface area contributed by atoms with Crippen molar-refractivity contribution < 1.29 is 19.6 Å². The molecule has 0 saturated heterocycles. The second-order valence-electron chi connectivity index (χ2n) is 4.08. The number of benzene rings is 1. The van der Waals surface area contributed by atoms with E-state index in [1.807, 2.05) is 0 Å². The molecule has 0 aliphatic heterocycles. The first-order valence-corrected chi connectivity index (χ1v) is 5.27. The molecule has 2 rings (SSSR count). The Hall–Kier alpha value is -2.44. The molecule has 0 bridgehead atoms. The molecule has 0 spiro atoms. The molecule has 94 valence electrons. The number of carboxylic acids is 1. The number of nitrogens with zero attached hydrogens (tertiary/aromatic N) is 1. The van der Waals surface area contributed by atoms with Crippen LogP contribution in [-0.4, -0.2) is 21.9 Å². The lowest BCUT2D eigenvalue weighted by Crippen LogP contribution is -2.16. The predicted octanol–water partition coefficient (Wildman–Crippen LogP) is 1.25. The van der Waals surface area contributed by atoms with Crippen LogP contribution >= 0.6 is 0 Å². The van der Waals surface area contributed by atoms with Gasteiger partial charge in [-0.05, 0) is 12.5 Å². The summed E-state index contributed by atoms with van der Waals surface area (Å²) in [6, 6.07) is 5.52. The van der Waals surface area contributed by atoms with Crippen molar-refractivity contribution >= 4 is 23.3 Å². The van der Waals surface area contributed by atoms with Crippen LogP contribution in [0.2, 0.25) is 0 Å². The molecule has 1 aromatic rings. The van der Waals surface area contributed by atoms with Crippen LogP contribution < -0.4 is 5.32 Å². The molecule has 1 amide bonds. The van der Waals surface area contributed by atoms with Crippen LogP contribution in [0.1, 0.15) is 6.42 Å². The zero-order valence-electron chi connectivity index (χ0n) is 9.20. The van der Waals surface area contributed by atoms with Crippen molar-refractivity contribution in [1.82, 2.24) is 0 Å². The van der Waals surface area contributed by atoms with Gasteiger partial charge in [0.1, 0.15) is 0 Å². The van der Waals surface area contributed by atoms with E-state index in [1.165, 1.54) is 24.3 Å². The Morgan fingerprint density at radius 3 is 2.67 bits per heavy atom. The fourth-order valence-electron chi connectivity index (χ4n) is 1.69. The minimum absolute atomic E-state index is 0.126. The summed E-state index contributed by atoms with van der Waals surface area (Å²) in [6.07, 6.45) is 0.316. The van der Waals surface area contributed by atoms with E-state index < -0.39 is 28.6 Å². The number of nitrogens with one attached hydrogen (secondary N) is 1. The smallest absolute Gasteiger partial charge is 0.307 e. The molecule has 1 saturated carbocycles. The van der Waals surface area contributed by atoms with Gasteiger partial charge in [0.25, 0.3) is 5.69 Å². The van der Waals surface area contributed by atoms with Crippen LogP contribution in [0.5, 0.6) is 0 Å². The Balaban J connectivity index is 2.02. The van der Waals surface area contributed by atoms with Gasteiger partial charge in [-0.25, -0.2) is 0 Å². The van der Waals surface area contributed by atoms with Crippen molar-refractivity contribution in [2.75, 3.05) is 5.32 Å². The summed E-state index contributed by atoms with van der Waals surface area (Å²) in [7, 11) is 0. The number of aliphatic carboxylic acids is 1. The monoisotopic (exact) mass is 250 g/mol. The highest BCUT2D eigenvalue weighted by atomic mass is 16.6. The lowest BCUT2D eigenvalue weighted by Gasteiger charge is -2.03. The fraction of sp³-hybridized carbons (Fsp3) is 0.273. The Kier molecular flexibility index (Phi) is 2.97. The maximum absolute atomic E-state index is 11.6. The van der Waals surface area contributed by atoms with E-state index in [9.17, 15) is 19.7 Å². The molecule has 18 heavy (non-hydrogen) atoms. The van der Waals surface area contributed by atoms with Crippen LogP contribution in [0, 0.1) is 22.0 Å². The van der Waals surface area contributed by atoms with Gasteiger partial charge >= 0.3 is 5.97 Å². The standard InChI is InChI=1S/C11H10N2O5/c14-10(8-5-9(8)11(15)16)12-6-2-1-3-7(4-6)13(17)18/h1-4,8-9H,5H2,(H,12,14)(H,15,16)/t8-,9+/m1/s1. The number of carboxylic acid groups (broad SMARTS) is 1. The molecule has 2 N–H and O–H groups in total. The first-order valence-electron chi connectivity index (χ1n) is 5.27. The molecule has 0 aromatic heterocycles. The molecule has 1 aliphatic carbocycles. The number of non-ortho nitro benzene ring substituents is 1. The Bertz CT molecular complexity index is 528. The maximum atomic E-state index is 11.6. The van der Waals surface area contributed by atoms with Crippen LogP contribution in [0.4, 0.5) is 11.4 Å². The largest absolute Gasteiger partial charge is 0.481 e.